The Kier molecular flexibility index (Phi) is 5.09. The Morgan fingerprint density at radius 2 is 2.12 bits per heavy atom. The molecule has 0 spiro atoms. The summed E-state index contributed by atoms with van der Waals surface area (Å²) in [6, 6.07) is 8.07. The third kappa shape index (κ3) is 4.17. The van der Waals surface area contributed by atoms with Gasteiger partial charge in [-0.05, 0) is 44.2 Å². The first kappa shape index (κ1) is 18.2. The maximum Gasteiger partial charge on any atom is 0.401 e. The number of carbonyl (C=O) groups is 1. The lowest BCUT2D eigenvalue weighted by atomic mass is 9.63. The van der Waals surface area contributed by atoms with Gasteiger partial charge in [-0.2, -0.15) is 13.2 Å². The van der Waals surface area contributed by atoms with Gasteiger partial charge in [-0.1, -0.05) is 36.2 Å². The van der Waals surface area contributed by atoms with E-state index in [1.54, 1.807) is 0 Å². The van der Waals surface area contributed by atoms with Crippen molar-refractivity contribution in [3.63, 3.8) is 0 Å². The van der Waals surface area contributed by atoms with Crippen molar-refractivity contribution in [1.29, 1.82) is 0 Å². The van der Waals surface area contributed by atoms with Crippen molar-refractivity contribution in [2.24, 2.45) is 5.92 Å². The molecule has 25 heavy (non-hydrogen) atoms. The van der Waals surface area contributed by atoms with Crippen molar-refractivity contribution in [1.82, 2.24) is 10.2 Å². The van der Waals surface area contributed by atoms with Crippen LogP contribution in [0.15, 0.2) is 24.3 Å². The molecule has 0 unspecified atom stereocenters. The van der Waals surface area contributed by atoms with Crippen molar-refractivity contribution in [3.05, 3.63) is 35.4 Å². The molecule has 1 aliphatic heterocycles. The molecule has 1 aromatic rings. The van der Waals surface area contributed by atoms with E-state index >= 15 is 0 Å². The van der Waals surface area contributed by atoms with Gasteiger partial charge < -0.3 is 5.32 Å². The number of amides is 1. The summed E-state index contributed by atoms with van der Waals surface area (Å²) in [5.41, 5.74) is 1.74. The van der Waals surface area contributed by atoms with Gasteiger partial charge in [0.25, 0.3) is 0 Å². The van der Waals surface area contributed by atoms with E-state index in [1.807, 2.05) is 25.1 Å². The first-order valence-corrected chi connectivity index (χ1v) is 8.93. The molecule has 2 aliphatic rings. The Balaban J connectivity index is 1.56. The van der Waals surface area contributed by atoms with E-state index in [0.29, 0.717) is 26.1 Å². The quantitative estimate of drug-likeness (QED) is 0.879. The second-order valence-corrected chi connectivity index (χ2v) is 7.52. The molecule has 2 fully saturated rings. The summed E-state index contributed by atoms with van der Waals surface area (Å²) in [6.45, 7) is 2.47. The summed E-state index contributed by atoms with van der Waals surface area (Å²) in [5.74, 6) is 0.125. The molecule has 0 bridgehead atoms. The summed E-state index contributed by atoms with van der Waals surface area (Å²) < 4.78 is 37.4. The summed E-state index contributed by atoms with van der Waals surface area (Å²) in [4.78, 5) is 14.2. The standard InChI is InChI=1S/C19H25F3N2O/c1-14-4-2-5-16(10-14)18(7-3-8-18)17(25)23-11-15-6-9-24(12-15)13-19(20,21)22/h2,4-5,10,15H,3,6-9,11-13H2,1H3,(H,23,25)/t15-/m0/s1. The van der Waals surface area contributed by atoms with E-state index in [1.165, 1.54) is 4.90 Å². The number of hydrogen-bond donors (Lipinski definition) is 1. The normalized spacial score (nSPS) is 23.3. The molecule has 138 valence electrons. The van der Waals surface area contributed by atoms with Crippen molar-refractivity contribution in [2.75, 3.05) is 26.2 Å². The zero-order valence-electron chi connectivity index (χ0n) is 14.5. The van der Waals surface area contributed by atoms with Crippen molar-refractivity contribution in [2.45, 2.75) is 44.2 Å². The van der Waals surface area contributed by atoms with Gasteiger partial charge in [0.1, 0.15) is 0 Å². The first-order valence-electron chi connectivity index (χ1n) is 8.93. The maximum absolute atomic E-state index is 12.8. The van der Waals surface area contributed by atoms with E-state index in [-0.39, 0.29) is 11.8 Å². The van der Waals surface area contributed by atoms with Crippen molar-refractivity contribution >= 4 is 5.91 Å². The van der Waals surface area contributed by atoms with Crippen LogP contribution in [0.4, 0.5) is 13.2 Å². The van der Waals surface area contributed by atoms with E-state index < -0.39 is 18.1 Å². The number of benzene rings is 1. The minimum Gasteiger partial charge on any atom is -0.355 e. The predicted molar refractivity (Wildman–Crippen MR) is 90.3 cm³/mol. The largest absolute Gasteiger partial charge is 0.401 e. The predicted octanol–water partition coefficient (Wildman–Crippen LogP) is 3.42. The van der Waals surface area contributed by atoms with Gasteiger partial charge in [-0.15, -0.1) is 0 Å². The van der Waals surface area contributed by atoms with Gasteiger partial charge >= 0.3 is 6.18 Å². The van der Waals surface area contributed by atoms with Gasteiger partial charge in [0.2, 0.25) is 5.91 Å². The molecule has 1 atom stereocenters. The van der Waals surface area contributed by atoms with Crippen molar-refractivity contribution < 1.29 is 18.0 Å². The number of aryl methyl sites for hydroxylation is 1. The third-order valence-electron chi connectivity index (χ3n) is 5.54. The molecule has 1 amide bonds. The summed E-state index contributed by atoms with van der Waals surface area (Å²) in [7, 11) is 0. The molecule has 1 aromatic carbocycles. The van der Waals surface area contributed by atoms with Crippen LogP contribution in [0.5, 0.6) is 0 Å². The zero-order chi connectivity index (χ0) is 18.1. The molecule has 1 heterocycles. The Morgan fingerprint density at radius 3 is 2.72 bits per heavy atom. The molecular formula is C19H25F3N2O. The highest BCUT2D eigenvalue weighted by Crippen LogP contribution is 2.44. The van der Waals surface area contributed by atoms with E-state index in [2.05, 4.69) is 11.4 Å². The fourth-order valence-electron chi connectivity index (χ4n) is 4.00. The van der Waals surface area contributed by atoms with E-state index in [9.17, 15) is 18.0 Å². The van der Waals surface area contributed by atoms with Crippen molar-refractivity contribution in [3.8, 4) is 0 Å². The van der Waals surface area contributed by atoms with Crippen LogP contribution in [0.1, 0.15) is 36.8 Å². The summed E-state index contributed by atoms with van der Waals surface area (Å²) in [6.07, 6.45) is -0.739. The average Bonchev–Trinajstić information content (AvgIpc) is 2.89. The highest BCUT2D eigenvalue weighted by atomic mass is 19.4. The fourth-order valence-corrected chi connectivity index (χ4v) is 4.00. The highest BCUT2D eigenvalue weighted by Gasteiger charge is 2.45. The first-order chi connectivity index (χ1) is 11.8. The number of likely N-dealkylation sites (tertiary alicyclic amines) is 1. The molecule has 1 saturated heterocycles. The molecular weight excluding hydrogens is 329 g/mol. The SMILES string of the molecule is Cc1cccc(C2(C(=O)NC[C@@H]3CCN(CC(F)(F)F)C3)CCC2)c1. The Morgan fingerprint density at radius 1 is 1.36 bits per heavy atom. The van der Waals surface area contributed by atoms with Crippen LogP contribution in [-0.2, 0) is 10.2 Å². The number of alkyl halides is 3. The lowest BCUT2D eigenvalue weighted by molar-refractivity contribution is -0.144. The summed E-state index contributed by atoms with van der Waals surface area (Å²) in [5, 5.41) is 3.02. The van der Waals surface area contributed by atoms with Crippen LogP contribution in [-0.4, -0.2) is 43.2 Å². The zero-order valence-corrected chi connectivity index (χ0v) is 14.5. The van der Waals surface area contributed by atoms with Crippen LogP contribution >= 0.6 is 0 Å². The van der Waals surface area contributed by atoms with E-state index in [0.717, 1.165) is 30.4 Å². The Labute approximate surface area is 146 Å². The van der Waals surface area contributed by atoms with Gasteiger partial charge in [-0.3, -0.25) is 9.69 Å². The van der Waals surface area contributed by atoms with Crippen LogP contribution in [0, 0.1) is 12.8 Å². The van der Waals surface area contributed by atoms with Crippen LogP contribution < -0.4 is 5.32 Å². The van der Waals surface area contributed by atoms with Crippen LogP contribution in [0.25, 0.3) is 0 Å². The number of nitrogens with one attached hydrogen (secondary N) is 1. The molecule has 1 N–H and O–H groups in total. The molecule has 0 radical (unpaired) electrons. The minimum atomic E-state index is -4.15. The van der Waals surface area contributed by atoms with Gasteiger partial charge in [0.15, 0.2) is 0 Å². The second kappa shape index (κ2) is 6.98. The lowest BCUT2D eigenvalue weighted by Gasteiger charge is -2.41. The monoisotopic (exact) mass is 354 g/mol. The van der Waals surface area contributed by atoms with Crippen LogP contribution in [0.2, 0.25) is 0 Å². The number of rotatable bonds is 5. The number of nitrogens with zero attached hydrogens (tertiary/aromatic N) is 1. The number of hydrogen-bond acceptors (Lipinski definition) is 2. The lowest BCUT2D eigenvalue weighted by Crippen LogP contribution is -2.50. The minimum absolute atomic E-state index is 0.0265. The smallest absolute Gasteiger partial charge is 0.355 e. The fraction of sp³-hybridized carbons (Fsp3) is 0.632. The summed E-state index contributed by atoms with van der Waals surface area (Å²) >= 11 is 0. The molecule has 1 saturated carbocycles. The molecule has 1 aliphatic carbocycles. The maximum atomic E-state index is 12.8. The van der Waals surface area contributed by atoms with Gasteiger partial charge in [-0.25, -0.2) is 0 Å². The topological polar surface area (TPSA) is 32.3 Å². The van der Waals surface area contributed by atoms with Gasteiger partial charge in [0, 0.05) is 13.1 Å². The molecule has 3 nitrogen and oxygen atoms in total. The molecule has 0 aromatic heterocycles. The van der Waals surface area contributed by atoms with E-state index in [4.69, 9.17) is 0 Å². The molecule has 3 rings (SSSR count). The average molecular weight is 354 g/mol. The second-order valence-electron chi connectivity index (χ2n) is 7.52. The highest BCUT2D eigenvalue weighted by molar-refractivity contribution is 5.89. The van der Waals surface area contributed by atoms with Crippen LogP contribution in [0.3, 0.4) is 0 Å². The Hall–Kier alpha value is -1.56. The third-order valence-corrected chi connectivity index (χ3v) is 5.54. The number of halogens is 3. The number of carbonyl (C=O) groups excluding carboxylic acids is 1. The Bertz CT molecular complexity index is 625. The molecule has 6 heteroatoms. The van der Waals surface area contributed by atoms with Gasteiger partial charge in [0.05, 0.1) is 12.0 Å².